The number of benzene rings is 1. The fourth-order valence-corrected chi connectivity index (χ4v) is 3.71. The molecule has 0 aliphatic heterocycles. The van der Waals surface area contributed by atoms with Gasteiger partial charge < -0.3 is 9.47 Å². The van der Waals surface area contributed by atoms with E-state index in [-0.39, 0.29) is 12.1 Å². The predicted octanol–water partition coefficient (Wildman–Crippen LogP) is 4.41. The van der Waals surface area contributed by atoms with Gasteiger partial charge in [-0.3, -0.25) is 10.1 Å². The first kappa shape index (κ1) is 23.1. The summed E-state index contributed by atoms with van der Waals surface area (Å²) in [6, 6.07) is 9.31. The molecule has 4 unspecified atom stereocenters. The minimum atomic E-state index is -2.14. The van der Waals surface area contributed by atoms with Crippen LogP contribution < -0.4 is 5.32 Å². The highest BCUT2D eigenvalue weighted by Gasteiger charge is 2.33. The van der Waals surface area contributed by atoms with Crippen LogP contribution in [-0.2, 0) is 23.4 Å². The van der Waals surface area contributed by atoms with Gasteiger partial charge in [-0.2, -0.15) is 0 Å². The Morgan fingerprint density at radius 2 is 1.74 bits per heavy atom. The SMILES string of the molecule is COC(=O)C(CC(C)C)C[P+](=O)OC(C)NC(=O)OC(C)c1ccccc1. The topological polar surface area (TPSA) is 90.9 Å². The first-order chi connectivity index (χ1) is 12.7. The average molecular weight is 398 g/mol. The summed E-state index contributed by atoms with van der Waals surface area (Å²) < 4.78 is 27.6. The Morgan fingerprint density at radius 1 is 1.11 bits per heavy atom. The smallest absolute Gasteiger partial charge is 0.469 e. The van der Waals surface area contributed by atoms with Gasteiger partial charge in [0.2, 0.25) is 0 Å². The van der Waals surface area contributed by atoms with Gasteiger partial charge in [0, 0.05) is 0 Å². The Labute approximate surface area is 161 Å². The number of methoxy groups -OCH3 is 1. The second-order valence-corrected chi connectivity index (χ2v) is 7.96. The molecule has 27 heavy (non-hydrogen) atoms. The number of nitrogens with one attached hydrogen (secondary N) is 1. The van der Waals surface area contributed by atoms with Crippen molar-refractivity contribution in [2.24, 2.45) is 11.8 Å². The summed E-state index contributed by atoms with van der Waals surface area (Å²) in [4.78, 5) is 23.8. The molecule has 0 aliphatic rings. The summed E-state index contributed by atoms with van der Waals surface area (Å²) in [6.45, 7) is 7.25. The van der Waals surface area contributed by atoms with E-state index in [1.54, 1.807) is 13.8 Å². The van der Waals surface area contributed by atoms with Crippen LogP contribution in [0.25, 0.3) is 0 Å². The first-order valence-electron chi connectivity index (χ1n) is 8.94. The highest BCUT2D eigenvalue weighted by atomic mass is 31.1. The summed E-state index contributed by atoms with van der Waals surface area (Å²) in [7, 11) is -0.841. The number of amides is 1. The Balaban J connectivity index is 2.47. The highest BCUT2D eigenvalue weighted by Crippen LogP contribution is 2.30. The molecule has 150 valence electrons. The lowest BCUT2D eigenvalue weighted by molar-refractivity contribution is -0.145. The largest absolute Gasteiger partial charge is 0.511 e. The van der Waals surface area contributed by atoms with Crippen LogP contribution in [0.2, 0.25) is 0 Å². The Bertz CT molecular complexity index is 622. The predicted molar refractivity (Wildman–Crippen MR) is 102 cm³/mol. The van der Waals surface area contributed by atoms with E-state index in [0.717, 1.165) is 5.56 Å². The van der Waals surface area contributed by atoms with Gasteiger partial charge >= 0.3 is 20.1 Å². The monoisotopic (exact) mass is 398 g/mol. The van der Waals surface area contributed by atoms with Crippen molar-refractivity contribution >= 4 is 20.1 Å². The summed E-state index contributed by atoms with van der Waals surface area (Å²) in [5.74, 6) is -0.661. The molecular weight excluding hydrogens is 369 g/mol. The molecule has 7 nitrogen and oxygen atoms in total. The van der Waals surface area contributed by atoms with Crippen molar-refractivity contribution < 1.29 is 28.2 Å². The zero-order chi connectivity index (χ0) is 20.4. The quantitative estimate of drug-likeness (QED) is 0.357. The Hall–Kier alpha value is -1.98. The van der Waals surface area contributed by atoms with Gasteiger partial charge in [0.1, 0.15) is 12.0 Å². The maximum absolute atomic E-state index is 12.2. The van der Waals surface area contributed by atoms with Crippen LogP contribution in [0.5, 0.6) is 0 Å². The zero-order valence-corrected chi connectivity index (χ0v) is 17.4. The fourth-order valence-electron chi connectivity index (χ4n) is 2.56. The number of rotatable bonds is 10. The van der Waals surface area contributed by atoms with Gasteiger partial charge in [0.15, 0.2) is 12.4 Å². The van der Waals surface area contributed by atoms with Crippen LogP contribution in [-0.4, -0.2) is 31.6 Å². The van der Waals surface area contributed by atoms with Crippen molar-refractivity contribution in [3.8, 4) is 0 Å². The van der Waals surface area contributed by atoms with Gasteiger partial charge in [0.05, 0.1) is 7.11 Å². The molecule has 0 bridgehead atoms. The van der Waals surface area contributed by atoms with Crippen molar-refractivity contribution in [2.75, 3.05) is 13.3 Å². The molecule has 4 atom stereocenters. The van der Waals surface area contributed by atoms with Crippen LogP contribution in [0.3, 0.4) is 0 Å². The van der Waals surface area contributed by atoms with Crippen molar-refractivity contribution in [1.29, 1.82) is 0 Å². The van der Waals surface area contributed by atoms with E-state index < -0.39 is 38.3 Å². The van der Waals surface area contributed by atoms with Crippen LogP contribution in [0, 0.1) is 11.8 Å². The van der Waals surface area contributed by atoms with Crippen molar-refractivity contribution in [3.05, 3.63) is 35.9 Å². The summed E-state index contributed by atoms with van der Waals surface area (Å²) >= 11 is 0. The Kier molecular flexibility index (Phi) is 9.97. The minimum Gasteiger partial charge on any atom is -0.469 e. The Morgan fingerprint density at radius 3 is 2.30 bits per heavy atom. The van der Waals surface area contributed by atoms with Gasteiger partial charge in [-0.1, -0.05) is 44.2 Å². The molecule has 0 saturated carbocycles. The second kappa shape index (κ2) is 11.7. The molecular formula is C19H29NO6P+. The molecule has 0 aliphatic carbocycles. The normalized spacial score (nSPS) is 14.8. The number of hydrogen-bond donors (Lipinski definition) is 1. The van der Waals surface area contributed by atoms with E-state index in [2.05, 4.69) is 5.32 Å². The van der Waals surface area contributed by atoms with Crippen LogP contribution >= 0.6 is 8.03 Å². The molecule has 0 fully saturated rings. The maximum atomic E-state index is 12.2. The highest BCUT2D eigenvalue weighted by molar-refractivity contribution is 7.39. The zero-order valence-electron chi connectivity index (χ0n) is 16.5. The van der Waals surface area contributed by atoms with E-state index in [0.29, 0.717) is 6.42 Å². The van der Waals surface area contributed by atoms with Crippen LogP contribution in [0.15, 0.2) is 30.3 Å². The number of esters is 1. The molecule has 0 spiro atoms. The summed E-state index contributed by atoms with van der Waals surface area (Å²) in [5.41, 5.74) is 0.863. The fraction of sp³-hybridized carbons (Fsp3) is 0.579. The lowest BCUT2D eigenvalue weighted by atomic mass is 9.99. The van der Waals surface area contributed by atoms with E-state index >= 15 is 0 Å². The lowest BCUT2D eigenvalue weighted by Crippen LogP contribution is -2.34. The molecule has 1 aromatic rings. The number of ether oxygens (including phenoxy) is 2. The first-order valence-corrected chi connectivity index (χ1v) is 10.3. The average Bonchev–Trinajstić information content (AvgIpc) is 2.60. The number of carbonyl (C=O) groups is 2. The molecule has 1 rings (SSSR count). The van der Waals surface area contributed by atoms with E-state index in [1.807, 2.05) is 44.2 Å². The third-order valence-corrected chi connectivity index (χ3v) is 5.10. The van der Waals surface area contributed by atoms with Crippen LogP contribution in [0.4, 0.5) is 4.79 Å². The van der Waals surface area contributed by atoms with Crippen molar-refractivity contribution in [1.82, 2.24) is 5.32 Å². The van der Waals surface area contributed by atoms with Crippen LogP contribution in [0.1, 0.15) is 45.8 Å². The van der Waals surface area contributed by atoms with Gasteiger partial charge in [-0.15, -0.1) is 4.52 Å². The minimum absolute atomic E-state index is 0.0433. The molecule has 1 amide bonds. The molecule has 1 aromatic carbocycles. The van der Waals surface area contributed by atoms with Crippen molar-refractivity contribution in [3.63, 3.8) is 0 Å². The molecule has 0 radical (unpaired) electrons. The molecule has 0 heterocycles. The molecule has 0 aromatic heterocycles. The van der Waals surface area contributed by atoms with E-state index in [4.69, 9.17) is 14.0 Å². The molecule has 8 heteroatoms. The van der Waals surface area contributed by atoms with Gasteiger partial charge in [-0.05, 0) is 36.3 Å². The van der Waals surface area contributed by atoms with Gasteiger partial charge in [-0.25, -0.2) is 4.79 Å². The lowest BCUT2D eigenvalue weighted by Gasteiger charge is -2.16. The number of carbonyl (C=O) groups excluding carboxylic acids is 2. The second-order valence-electron chi connectivity index (χ2n) is 6.72. The van der Waals surface area contributed by atoms with Gasteiger partial charge in [0.25, 0.3) is 0 Å². The summed E-state index contributed by atoms with van der Waals surface area (Å²) in [5, 5.41) is 2.49. The molecule has 1 N–H and O–H groups in total. The van der Waals surface area contributed by atoms with Crippen molar-refractivity contribution in [2.45, 2.75) is 46.4 Å². The maximum Gasteiger partial charge on any atom is 0.511 e. The number of hydrogen-bond acceptors (Lipinski definition) is 6. The standard InChI is InChI=1S/C19H28NO6P/c1-13(2)11-17(18(21)24-5)12-27(23)26-15(4)20-19(22)25-14(3)16-9-7-6-8-10-16/h6-10,13-15,17H,11-12H2,1-5H3/p+1. The molecule has 0 saturated heterocycles. The van der Waals surface area contributed by atoms with E-state index in [9.17, 15) is 14.2 Å². The third kappa shape index (κ3) is 8.98. The third-order valence-electron chi connectivity index (χ3n) is 3.81. The summed E-state index contributed by atoms with van der Waals surface area (Å²) in [6.07, 6.45) is -1.32. The van der Waals surface area contributed by atoms with E-state index in [1.165, 1.54) is 7.11 Å². The number of alkyl carbamates (subject to hydrolysis) is 1.